The van der Waals surface area contributed by atoms with Crippen LogP contribution in [0.1, 0.15) is 15.9 Å². The molecule has 0 atom stereocenters. The number of rotatable bonds is 2. The fourth-order valence-electron chi connectivity index (χ4n) is 1.47. The number of hydrogen-bond acceptors (Lipinski definition) is 2. The van der Waals surface area contributed by atoms with E-state index >= 15 is 0 Å². The van der Waals surface area contributed by atoms with Gasteiger partial charge >= 0.3 is 0 Å². The van der Waals surface area contributed by atoms with Crippen LogP contribution in [0, 0.1) is 6.92 Å². The highest BCUT2D eigenvalue weighted by atomic mass is 35.5. The average Bonchev–Trinajstić information content (AvgIpc) is 2.34. The number of benzene rings is 1. The van der Waals surface area contributed by atoms with E-state index in [2.05, 4.69) is 10.3 Å². The third-order valence-corrected chi connectivity index (χ3v) is 2.99. The minimum atomic E-state index is -0.307. The van der Waals surface area contributed by atoms with Gasteiger partial charge in [-0.3, -0.25) is 4.79 Å². The fourth-order valence-corrected chi connectivity index (χ4v) is 1.85. The summed E-state index contributed by atoms with van der Waals surface area (Å²) >= 11 is 11.7. The first kappa shape index (κ1) is 12.9. The zero-order valence-corrected chi connectivity index (χ0v) is 11.1. The lowest BCUT2D eigenvalue weighted by Crippen LogP contribution is -2.13. The van der Waals surface area contributed by atoms with E-state index in [0.29, 0.717) is 16.3 Å². The van der Waals surface area contributed by atoms with E-state index in [-0.39, 0.29) is 11.1 Å². The largest absolute Gasteiger partial charge is 0.322 e. The van der Waals surface area contributed by atoms with E-state index in [9.17, 15) is 4.79 Å². The summed E-state index contributed by atoms with van der Waals surface area (Å²) in [6.45, 7) is 1.89. The third-order valence-electron chi connectivity index (χ3n) is 2.45. The number of hydrogen-bond donors (Lipinski definition) is 1. The highest BCUT2D eigenvalue weighted by Gasteiger charge is 2.12. The summed E-state index contributed by atoms with van der Waals surface area (Å²) in [7, 11) is 0. The van der Waals surface area contributed by atoms with Gasteiger partial charge in [-0.2, -0.15) is 0 Å². The number of amides is 1. The maximum atomic E-state index is 12.0. The van der Waals surface area contributed by atoms with Crippen LogP contribution in [0.2, 0.25) is 10.2 Å². The van der Waals surface area contributed by atoms with E-state index in [1.807, 2.05) is 13.0 Å². The van der Waals surface area contributed by atoms with Crippen LogP contribution in [0.4, 0.5) is 5.69 Å². The molecule has 2 aromatic rings. The Bertz CT molecular complexity index is 599. The highest BCUT2D eigenvalue weighted by molar-refractivity contribution is 6.33. The van der Waals surface area contributed by atoms with E-state index < -0.39 is 0 Å². The predicted octanol–water partition coefficient (Wildman–Crippen LogP) is 3.95. The molecule has 0 spiro atoms. The number of pyridine rings is 1. The van der Waals surface area contributed by atoms with Gasteiger partial charge in [-0.25, -0.2) is 4.98 Å². The second-order valence-electron chi connectivity index (χ2n) is 3.76. The molecule has 2 rings (SSSR count). The van der Waals surface area contributed by atoms with Crippen molar-refractivity contribution in [3.63, 3.8) is 0 Å². The van der Waals surface area contributed by atoms with Gasteiger partial charge < -0.3 is 5.32 Å². The Morgan fingerprint density at radius 2 is 2.06 bits per heavy atom. The molecule has 1 aromatic heterocycles. The number of carbonyl (C=O) groups excluding carboxylic acids is 1. The van der Waals surface area contributed by atoms with Crippen LogP contribution in [0.3, 0.4) is 0 Å². The van der Waals surface area contributed by atoms with Gasteiger partial charge in [0.1, 0.15) is 5.15 Å². The normalized spacial score (nSPS) is 10.2. The number of nitrogens with one attached hydrogen (secondary N) is 1. The van der Waals surface area contributed by atoms with Crippen LogP contribution in [0.15, 0.2) is 36.5 Å². The average molecular weight is 281 g/mol. The van der Waals surface area contributed by atoms with E-state index in [1.165, 1.54) is 6.20 Å². The maximum Gasteiger partial charge on any atom is 0.258 e. The number of anilines is 1. The van der Waals surface area contributed by atoms with Crippen LogP contribution < -0.4 is 5.32 Å². The highest BCUT2D eigenvalue weighted by Crippen LogP contribution is 2.21. The first-order valence-corrected chi connectivity index (χ1v) is 6.01. The molecular formula is C13H10Cl2N2O. The quantitative estimate of drug-likeness (QED) is 0.847. The van der Waals surface area contributed by atoms with Crippen LogP contribution in [0.5, 0.6) is 0 Å². The van der Waals surface area contributed by atoms with Gasteiger partial charge in [0.05, 0.1) is 5.56 Å². The van der Waals surface area contributed by atoms with Gasteiger partial charge in [-0.15, -0.1) is 0 Å². The summed E-state index contributed by atoms with van der Waals surface area (Å²) in [6, 6.07) is 8.57. The van der Waals surface area contributed by atoms with Crippen molar-refractivity contribution in [3.05, 3.63) is 57.8 Å². The Kier molecular flexibility index (Phi) is 3.84. The summed E-state index contributed by atoms with van der Waals surface area (Å²) in [5.41, 5.74) is 1.92. The molecule has 5 heteroatoms. The van der Waals surface area contributed by atoms with Gasteiger partial charge in [0.2, 0.25) is 0 Å². The standard InChI is InChI=1S/C13H10Cl2N2O/c1-8-4-5-9(14)7-11(8)17-13(18)10-3-2-6-16-12(10)15/h2-7H,1H3,(H,17,18). The molecule has 0 aliphatic carbocycles. The van der Waals surface area contributed by atoms with Crippen molar-refractivity contribution in [2.75, 3.05) is 5.32 Å². The van der Waals surface area contributed by atoms with Crippen LogP contribution in [0.25, 0.3) is 0 Å². The Morgan fingerprint density at radius 1 is 1.28 bits per heavy atom. The number of aromatic nitrogens is 1. The van der Waals surface area contributed by atoms with Crippen LogP contribution in [-0.2, 0) is 0 Å². The van der Waals surface area contributed by atoms with E-state index in [1.54, 1.807) is 24.3 Å². The van der Waals surface area contributed by atoms with Gasteiger partial charge in [0.25, 0.3) is 5.91 Å². The Hall–Kier alpha value is -1.58. The zero-order valence-electron chi connectivity index (χ0n) is 9.58. The monoisotopic (exact) mass is 280 g/mol. The second kappa shape index (κ2) is 5.38. The number of halogens is 2. The molecule has 0 aliphatic heterocycles. The van der Waals surface area contributed by atoms with Gasteiger partial charge in [0.15, 0.2) is 0 Å². The van der Waals surface area contributed by atoms with Gasteiger partial charge in [0, 0.05) is 16.9 Å². The number of carbonyl (C=O) groups is 1. The first-order chi connectivity index (χ1) is 8.58. The van der Waals surface area contributed by atoms with Crippen molar-refractivity contribution in [3.8, 4) is 0 Å². The number of nitrogens with zero attached hydrogens (tertiary/aromatic N) is 1. The van der Waals surface area contributed by atoms with Gasteiger partial charge in [-0.05, 0) is 36.8 Å². The Morgan fingerprint density at radius 3 is 2.78 bits per heavy atom. The summed E-state index contributed by atoms with van der Waals surface area (Å²) < 4.78 is 0. The van der Waals surface area contributed by atoms with E-state index in [4.69, 9.17) is 23.2 Å². The maximum absolute atomic E-state index is 12.0. The molecule has 0 fully saturated rings. The fraction of sp³-hybridized carbons (Fsp3) is 0.0769. The topological polar surface area (TPSA) is 42.0 Å². The zero-order chi connectivity index (χ0) is 13.1. The van der Waals surface area contributed by atoms with Crippen molar-refractivity contribution in [1.29, 1.82) is 0 Å². The Labute approximate surface area is 115 Å². The molecule has 0 saturated carbocycles. The molecule has 18 heavy (non-hydrogen) atoms. The first-order valence-electron chi connectivity index (χ1n) is 5.26. The molecule has 1 amide bonds. The molecule has 0 saturated heterocycles. The molecule has 0 bridgehead atoms. The van der Waals surface area contributed by atoms with Gasteiger partial charge in [-0.1, -0.05) is 29.3 Å². The molecular weight excluding hydrogens is 271 g/mol. The third kappa shape index (κ3) is 2.81. The lowest BCUT2D eigenvalue weighted by Gasteiger charge is -2.09. The Balaban J connectivity index is 2.27. The lowest BCUT2D eigenvalue weighted by molar-refractivity contribution is 0.102. The predicted molar refractivity (Wildman–Crippen MR) is 73.4 cm³/mol. The summed E-state index contributed by atoms with van der Waals surface area (Å²) in [6.07, 6.45) is 1.53. The molecule has 1 aromatic carbocycles. The molecule has 1 heterocycles. The molecule has 3 nitrogen and oxygen atoms in total. The molecule has 92 valence electrons. The van der Waals surface area contributed by atoms with Crippen molar-refractivity contribution >= 4 is 34.8 Å². The van der Waals surface area contributed by atoms with Crippen molar-refractivity contribution < 1.29 is 4.79 Å². The number of aryl methyl sites for hydroxylation is 1. The molecule has 0 aliphatic rings. The molecule has 1 N–H and O–H groups in total. The second-order valence-corrected chi connectivity index (χ2v) is 4.55. The minimum Gasteiger partial charge on any atom is -0.322 e. The summed E-state index contributed by atoms with van der Waals surface area (Å²) in [4.78, 5) is 15.9. The summed E-state index contributed by atoms with van der Waals surface area (Å²) in [5.74, 6) is -0.307. The van der Waals surface area contributed by atoms with Crippen LogP contribution >= 0.6 is 23.2 Å². The van der Waals surface area contributed by atoms with Crippen molar-refractivity contribution in [2.24, 2.45) is 0 Å². The molecule has 0 unspecified atom stereocenters. The lowest BCUT2D eigenvalue weighted by atomic mass is 10.2. The SMILES string of the molecule is Cc1ccc(Cl)cc1NC(=O)c1cccnc1Cl. The smallest absolute Gasteiger partial charge is 0.258 e. The van der Waals surface area contributed by atoms with Crippen molar-refractivity contribution in [2.45, 2.75) is 6.92 Å². The minimum absolute atomic E-state index is 0.176. The summed E-state index contributed by atoms with van der Waals surface area (Å²) in [5, 5.41) is 3.50. The molecule has 0 radical (unpaired) electrons. The van der Waals surface area contributed by atoms with E-state index in [0.717, 1.165) is 5.56 Å². The van der Waals surface area contributed by atoms with Crippen LogP contribution in [-0.4, -0.2) is 10.9 Å². The van der Waals surface area contributed by atoms with Crippen molar-refractivity contribution in [1.82, 2.24) is 4.98 Å².